The number of hydrogen-bond donors (Lipinski definition) is 3. The van der Waals surface area contributed by atoms with Gasteiger partial charge in [-0.25, -0.2) is 32.0 Å². The number of fused-ring (bicyclic) bond motifs is 5. The van der Waals surface area contributed by atoms with Gasteiger partial charge in [-0.05, 0) is 74.8 Å². The van der Waals surface area contributed by atoms with Crippen LogP contribution in [-0.4, -0.2) is 102 Å². The van der Waals surface area contributed by atoms with Crippen molar-refractivity contribution in [3.8, 4) is 11.6 Å². The van der Waals surface area contributed by atoms with Gasteiger partial charge in [0.1, 0.15) is 41.3 Å². The zero-order valence-electron chi connectivity index (χ0n) is 34.7. The van der Waals surface area contributed by atoms with Crippen LogP contribution in [0.1, 0.15) is 97.6 Å². The summed E-state index contributed by atoms with van der Waals surface area (Å²) in [5.41, 5.74) is -1.46. The van der Waals surface area contributed by atoms with Gasteiger partial charge in [-0.2, -0.15) is 0 Å². The molecule has 3 N–H and O–H groups in total. The predicted molar refractivity (Wildman–Crippen MR) is 216 cm³/mol. The van der Waals surface area contributed by atoms with E-state index in [2.05, 4.69) is 16.7 Å². The Morgan fingerprint density at radius 1 is 1.03 bits per heavy atom. The van der Waals surface area contributed by atoms with Crippen LogP contribution in [0.25, 0.3) is 11.0 Å². The zero-order chi connectivity index (χ0) is 43.1. The Hall–Kier alpha value is -4.61. The van der Waals surface area contributed by atoms with Crippen molar-refractivity contribution in [3.63, 3.8) is 0 Å². The number of rotatable bonds is 8. The van der Waals surface area contributed by atoms with Crippen molar-refractivity contribution < 1.29 is 50.6 Å². The van der Waals surface area contributed by atoms with Crippen LogP contribution in [0.3, 0.4) is 0 Å². The Kier molecular flexibility index (Phi) is 12.3. The quantitative estimate of drug-likeness (QED) is 0.304. The van der Waals surface area contributed by atoms with E-state index in [0.29, 0.717) is 48.2 Å². The zero-order valence-corrected chi connectivity index (χ0v) is 35.6. The van der Waals surface area contributed by atoms with E-state index in [0.717, 1.165) is 32.1 Å². The van der Waals surface area contributed by atoms with Gasteiger partial charge in [0.05, 0.1) is 35.9 Å². The topological polar surface area (TPSA) is 195 Å². The standard InChI is InChI=1S/C42H56F2N6O9S/c1-6-26-32-22-50(33(26)36(51)48-42(21-27(42)35(43)44)39(53)49-60(55,56)25-17-18-25)38(52)34(41(2,3)4)47-40(54)59-31-15-11-10-13-23(31)12-8-7-9-14-29-37(58-32)46-30-20-24(57-5)16-19-28(30)45-29/h10-11,16,19-20,23,25-27,31-35H,6-9,12-15,17-18,21-22H2,1-5H3,(H,47,54)(H,48,51)(H,49,53). The summed E-state index contributed by atoms with van der Waals surface area (Å²) in [5.74, 6) is -4.46. The fourth-order valence-electron chi connectivity index (χ4n) is 8.94. The van der Waals surface area contributed by atoms with E-state index < -0.39 is 99.0 Å². The second-order valence-corrected chi connectivity index (χ2v) is 19.9. The monoisotopic (exact) mass is 858 g/mol. The first-order chi connectivity index (χ1) is 28.4. The number of alkyl halides is 2. The average molecular weight is 859 g/mol. The van der Waals surface area contributed by atoms with E-state index >= 15 is 0 Å². The molecule has 0 spiro atoms. The minimum Gasteiger partial charge on any atom is -0.497 e. The Balaban J connectivity index is 1.28. The molecular formula is C42H56F2N6O9S. The van der Waals surface area contributed by atoms with E-state index in [-0.39, 0.29) is 24.8 Å². The molecule has 8 unspecified atom stereocenters. The predicted octanol–water partition coefficient (Wildman–Crippen LogP) is 4.96. The molecular weight excluding hydrogens is 803 g/mol. The van der Waals surface area contributed by atoms with Gasteiger partial charge in [-0.3, -0.25) is 19.1 Å². The third-order valence-corrected chi connectivity index (χ3v) is 14.5. The maximum absolute atomic E-state index is 15.0. The number of nitrogens with zero attached hydrogens (tertiary/aromatic N) is 3. The molecule has 1 aromatic carbocycles. The lowest BCUT2D eigenvalue weighted by molar-refractivity contribution is -0.144. The van der Waals surface area contributed by atoms with Gasteiger partial charge < -0.3 is 29.7 Å². The number of aromatic nitrogens is 2. The molecule has 328 valence electrons. The van der Waals surface area contributed by atoms with Crippen molar-refractivity contribution in [3.05, 3.63) is 36.0 Å². The molecule has 18 heteroatoms. The van der Waals surface area contributed by atoms with Crippen LogP contribution in [0, 0.1) is 23.2 Å². The summed E-state index contributed by atoms with van der Waals surface area (Å²) < 4.78 is 74.4. The molecule has 1 aromatic heterocycles. The van der Waals surface area contributed by atoms with Crippen LogP contribution >= 0.6 is 0 Å². The highest BCUT2D eigenvalue weighted by molar-refractivity contribution is 7.91. The lowest BCUT2D eigenvalue weighted by atomic mass is 9.85. The number of nitrogens with one attached hydrogen (secondary N) is 3. The second kappa shape index (κ2) is 17.0. The number of carbonyl (C=O) groups excluding carboxylic acids is 4. The number of amides is 4. The van der Waals surface area contributed by atoms with E-state index in [1.807, 2.05) is 16.9 Å². The number of hydrogen-bond acceptors (Lipinski definition) is 11. The number of methoxy groups -OCH3 is 1. The molecule has 3 fully saturated rings. The number of allylic oxidation sites excluding steroid dienone is 1. The highest BCUT2D eigenvalue weighted by Crippen LogP contribution is 2.49. The summed E-state index contributed by atoms with van der Waals surface area (Å²) in [6.45, 7) is 6.88. The van der Waals surface area contributed by atoms with Crippen molar-refractivity contribution in [2.45, 2.75) is 140 Å². The highest BCUT2D eigenvalue weighted by Gasteiger charge is 2.67. The molecule has 7 rings (SSSR count). The van der Waals surface area contributed by atoms with Gasteiger partial charge in [-0.15, -0.1) is 0 Å². The summed E-state index contributed by atoms with van der Waals surface area (Å²) in [5, 5.41) is 4.49. The normalized spacial score (nSPS) is 30.2. The average Bonchev–Trinajstić information content (AvgIpc) is 4.13. The Labute approximate surface area is 349 Å². The molecule has 4 amide bonds. The van der Waals surface area contributed by atoms with Crippen molar-refractivity contribution in [1.82, 2.24) is 30.2 Å². The first-order valence-electron chi connectivity index (χ1n) is 21.1. The number of halogens is 2. The van der Waals surface area contributed by atoms with Gasteiger partial charge in [0.2, 0.25) is 34.1 Å². The number of sulfonamides is 1. The van der Waals surface area contributed by atoms with Gasteiger partial charge in [0.15, 0.2) is 0 Å². The summed E-state index contributed by atoms with van der Waals surface area (Å²) in [4.78, 5) is 68.1. The molecule has 60 heavy (non-hydrogen) atoms. The summed E-state index contributed by atoms with van der Waals surface area (Å²) in [6, 6.07) is 2.70. The van der Waals surface area contributed by atoms with Crippen molar-refractivity contribution in [1.29, 1.82) is 0 Å². The summed E-state index contributed by atoms with van der Waals surface area (Å²) in [7, 11) is -2.62. The fraction of sp³-hybridized carbons (Fsp3) is 0.667. The van der Waals surface area contributed by atoms with Gasteiger partial charge >= 0.3 is 6.09 Å². The number of alkyl carbamates (subject to hydrolysis) is 1. The van der Waals surface area contributed by atoms with Gasteiger partial charge in [-0.1, -0.05) is 52.7 Å². The molecule has 0 radical (unpaired) electrons. The first kappa shape index (κ1) is 43.5. The highest BCUT2D eigenvalue weighted by atomic mass is 32.2. The van der Waals surface area contributed by atoms with Crippen LogP contribution in [-0.2, 0) is 35.6 Å². The Morgan fingerprint density at radius 3 is 2.45 bits per heavy atom. The number of benzene rings is 1. The summed E-state index contributed by atoms with van der Waals surface area (Å²) in [6.07, 6.45) is 4.37. The van der Waals surface area contributed by atoms with E-state index in [1.165, 1.54) is 12.0 Å². The van der Waals surface area contributed by atoms with Crippen LogP contribution in [0.4, 0.5) is 13.6 Å². The minimum atomic E-state index is -4.15. The number of carbonyl (C=O) groups is 4. The van der Waals surface area contributed by atoms with Crippen LogP contribution in [0.5, 0.6) is 11.6 Å². The van der Waals surface area contributed by atoms with Crippen LogP contribution < -0.4 is 24.8 Å². The van der Waals surface area contributed by atoms with Crippen LogP contribution in [0.15, 0.2) is 30.4 Å². The Morgan fingerprint density at radius 2 is 1.78 bits per heavy atom. The molecule has 2 bridgehead atoms. The lowest BCUT2D eigenvalue weighted by Crippen LogP contribution is -2.61. The maximum Gasteiger partial charge on any atom is 0.408 e. The van der Waals surface area contributed by atoms with Crippen LogP contribution in [0.2, 0.25) is 0 Å². The minimum absolute atomic E-state index is 0.0683. The van der Waals surface area contributed by atoms with E-state index in [4.69, 9.17) is 24.2 Å². The maximum atomic E-state index is 15.0. The third kappa shape index (κ3) is 9.03. The second-order valence-electron chi connectivity index (χ2n) is 18.0. The Bertz CT molecular complexity index is 2130. The largest absolute Gasteiger partial charge is 0.497 e. The number of aryl methyl sites for hydroxylation is 1. The van der Waals surface area contributed by atoms with Crippen molar-refractivity contribution >= 4 is 44.9 Å². The van der Waals surface area contributed by atoms with E-state index in [9.17, 15) is 36.4 Å². The summed E-state index contributed by atoms with van der Waals surface area (Å²) >= 11 is 0. The fourth-order valence-corrected chi connectivity index (χ4v) is 10.3. The SMILES string of the molecule is CCC1C2CN(C(=O)C(C(C)(C)C)NC(=O)OC3CC=CCC3CCCCCc3nc4ccc(OC)cc4nc3O2)C1C(=O)NC1(C(=O)NS(=O)(=O)C2CC2)CC1C(F)F. The molecule has 5 aliphatic rings. The molecule has 3 heterocycles. The molecule has 2 saturated carbocycles. The number of ether oxygens (including phenoxy) is 3. The first-order valence-corrected chi connectivity index (χ1v) is 22.6. The van der Waals surface area contributed by atoms with Gasteiger partial charge in [0.25, 0.3) is 5.91 Å². The third-order valence-electron chi connectivity index (χ3n) is 12.7. The molecule has 1 saturated heterocycles. The van der Waals surface area contributed by atoms with Crippen molar-refractivity contribution in [2.24, 2.45) is 23.2 Å². The molecule has 2 aliphatic heterocycles. The lowest BCUT2D eigenvalue weighted by Gasteiger charge is -2.36. The smallest absolute Gasteiger partial charge is 0.408 e. The molecule has 8 atom stereocenters. The molecule has 2 aromatic rings. The molecule has 3 aliphatic carbocycles. The molecule has 15 nitrogen and oxygen atoms in total. The van der Waals surface area contributed by atoms with E-state index in [1.54, 1.807) is 39.8 Å². The van der Waals surface area contributed by atoms with Gasteiger partial charge in [0, 0.05) is 18.4 Å². The van der Waals surface area contributed by atoms with Crippen molar-refractivity contribution in [2.75, 3.05) is 13.7 Å².